The molecule has 0 saturated heterocycles. The Kier molecular flexibility index (Phi) is 16.6. The minimum Gasteiger partial charge on any atom is -0.480 e. The van der Waals surface area contributed by atoms with Crippen LogP contribution < -0.4 is 16.0 Å². The summed E-state index contributed by atoms with van der Waals surface area (Å²) < 4.78 is 5.17. The third kappa shape index (κ3) is 12.0. The predicted octanol–water partition coefficient (Wildman–Crippen LogP) is 8.42. The van der Waals surface area contributed by atoms with Gasteiger partial charge in [-0.25, -0.2) is 9.59 Å². The van der Waals surface area contributed by atoms with Gasteiger partial charge in [-0.2, -0.15) is 11.8 Å². The molecule has 4 aromatic rings. The normalized spacial score (nSPS) is 17.2. The fraction of sp³-hybridized carbons (Fsp3) is 0.440. The molecule has 4 atom stereocenters. The second kappa shape index (κ2) is 22.0. The van der Waals surface area contributed by atoms with E-state index < -0.39 is 52.5 Å². The van der Waals surface area contributed by atoms with Crippen LogP contribution in [0.2, 0.25) is 0 Å². The second-order valence-electron chi connectivity index (χ2n) is 17.4. The average molecular weight is 879 g/mol. The van der Waals surface area contributed by atoms with Gasteiger partial charge in [0, 0.05) is 25.3 Å². The molecule has 10 nitrogen and oxygen atoms in total. The zero-order chi connectivity index (χ0) is 44.1. The number of hydrogen-bond donors (Lipinski definition) is 4. The number of nitrogens with one attached hydrogen (secondary N) is 3. The minimum absolute atomic E-state index is 0.00245. The number of amides is 3. The fourth-order valence-electron chi connectivity index (χ4n) is 8.74. The van der Waals surface area contributed by atoms with Crippen molar-refractivity contribution >= 4 is 47.4 Å². The number of carboxylic acids is 1. The molecular weight excluding hydrogens is 817 g/mol. The van der Waals surface area contributed by atoms with Crippen molar-refractivity contribution in [1.29, 1.82) is 0 Å². The molecule has 0 spiro atoms. The summed E-state index contributed by atoms with van der Waals surface area (Å²) in [5.41, 5.74) is 4.48. The number of aliphatic carboxylic acids is 1. The van der Waals surface area contributed by atoms with E-state index in [9.17, 15) is 19.5 Å². The highest BCUT2D eigenvalue weighted by Gasteiger charge is 2.42. The van der Waals surface area contributed by atoms with Gasteiger partial charge in [0.1, 0.15) is 17.7 Å². The summed E-state index contributed by atoms with van der Waals surface area (Å²) in [6.45, 7) is 5.99. The summed E-state index contributed by atoms with van der Waals surface area (Å²) in [7, 11) is 0. The Labute approximate surface area is 375 Å². The van der Waals surface area contributed by atoms with Crippen molar-refractivity contribution < 1.29 is 29.0 Å². The predicted molar refractivity (Wildman–Crippen MR) is 250 cm³/mol. The van der Waals surface area contributed by atoms with E-state index in [1.165, 1.54) is 11.8 Å². The molecule has 3 amide bonds. The molecule has 1 aliphatic carbocycles. The molecule has 0 aromatic heterocycles. The van der Waals surface area contributed by atoms with Crippen molar-refractivity contribution in [3.05, 3.63) is 143 Å². The van der Waals surface area contributed by atoms with Crippen LogP contribution in [-0.2, 0) is 36.8 Å². The van der Waals surface area contributed by atoms with Crippen LogP contribution in [-0.4, -0.2) is 88.0 Å². The summed E-state index contributed by atoms with van der Waals surface area (Å²) in [5.74, 6) is -0.744. The van der Waals surface area contributed by atoms with Gasteiger partial charge in [-0.05, 0) is 85.8 Å². The number of hydrogen-bond acceptors (Lipinski definition) is 8. The van der Waals surface area contributed by atoms with Gasteiger partial charge < -0.3 is 30.7 Å². The molecule has 0 unspecified atom stereocenters. The van der Waals surface area contributed by atoms with E-state index >= 15 is 4.79 Å². The van der Waals surface area contributed by atoms with Gasteiger partial charge in [0.05, 0.1) is 16.8 Å². The topological polar surface area (TPSA) is 137 Å². The Morgan fingerprint density at radius 3 is 1.85 bits per heavy atom. The average Bonchev–Trinajstić information content (AvgIpc) is 3.28. The van der Waals surface area contributed by atoms with E-state index in [-0.39, 0.29) is 37.8 Å². The maximum Gasteiger partial charge on any atom is 0.407 e. The zero-order valence-electron chi connectivity index (χ0n) is 36.4. The molecule has 1 aliphatic heterocycles. The third-order valence-electron chi connectivity index (χ3n) is 11.8. The molecule has 0 radical (unpaired) electrons. The summed E-state index contributed by atoms with van der Waals surface area (Å²) in [5, 5.41) is 19.7. The first kappa shape index (κ1) is 46.7. The molecule has 0 bridgehead atoms. The van der Waals surface area contributed by atoms with Crippen molar-refractivity contribution in [2.24, 2.45) is 5.92 Å². The SMILES string of the molecule is CSCC[C@H](NC(=O)[C@@H]1Cc2ccccc2CN1C(=O)[C@H](NC[C@H](CSC(c1ccccc1)(c1ccccc1)c1ccccc1)NC(=O)OC(C)(C)C)C1CCCCC1)C(=O)O. The van der Waals surface area contributed by atoms with Crippen molar-refractivity contribution in [2.75, 3.05) is 24.3 Å². The van der Waals surface area contributed by atoms with E-state index in [1.807, 2.05) is 106 Å². The number of nitrogens with zero attached hydrogens (tertiary/aromatic N) is 1. The van der Waals surface area contributed by atoms with Crippen LogP contribution in [0.4, 0.5) is 4.79 Å². The zero-order valence-corrected chi connectivity index (χ0v) is 38.0. The lowest BCUT2D eigenvalue weighted by atomic mass is 9.82. The molecule has 330 valence electrons. The van der Waals surface area contributed by atoms with Gasteiger partial charge in [-0.15, -0.1) is 11.8 Å². The summed E-state index contributed by atoms with van der Waals surface area (Å²) in [6.07, 6.45) is 6.66. The lowest BCUT2D eigenvalue weighted by Crippen LogP contribution is -2.61. The Bertz CT molecular complexity index is 1980. The number of ether oxygens (including phenoxy) is 1. The largest absolute Gasteiger partial charge is 0.480 e. The Balaban J connectivity index is 1.34. The fourth-order valence-corrected chi connectivity index (χ4v) is 10.8. The van der Waals surface area contributed by atoms with E-state index in [0.29, 0.717) is 11.5 Å². The van der Waals surface area contributed by atoms with Crippen molar-refractivity contribution in [1.82, 2.24) is 20.9 Å². The number of carboxylic acid groups (broad SMARTS) is 1. The number of rotatable bonds is 18. The number of carbonyl (C=O) groups is 4. The molecule has 12 heteroatoms. The van der Waals surface area contributed by atoms with Crippen LogP contribution in [0.3, 0.4) is 0 Å². The molecule has 6 rings (SSSR count). The molecule has 4 aromatic carbocycles. The van der Waals surface area contributed by atoms with Crippen LogP contribution in [0.5, 0.6) is 0 Å². The van der Waals surface area contributed by atoms with Crippen LogP contribution in [0.25, 0.3) is 0 Å². The van der Waals surface area contributed by atoms with Crippen molar-refractivity contribution in [3.63, 3.8) is 0 Å². The van der Waals surface area contributed by atoms with Gasteiger partial charge in [0.15, 0.2) is 0 Å². The molecule has 1 fully saturated rings. The first-order valence-electron chi connectivity index (χ1n) is 21.8. The molecule has 2 aliphatic rings. The highest BCUT2D eigenvalue weighted by molar-refractivity contribution is 8.00. The van der Waals surface area contributed by atoms with Crippen molar-refractivity contribution in [2.45, 2.75) is 107 Å². The summed E-state index contributed by atoms with van der Waals surface area (Å²) in [4.78, 5) is 57.0. The van der Waals surface area contributed by atoms with E-state index in [1.54, 1.807) is 16.7 Å². The first-order valence-corrected chi connectivity index (χ1v) is 24.2. The standard InChI is InChI=1S/C50H62N4O6S2/c1-49(2,3)60-48(59)52-41(34-62-50(38-23-11-6-12-24-38,39-25-13-7-14-26-39)40-27-15-8-16-28-40)32-51-44(35-19-9-5-10-20-35)46(56)54-33-37-22-18-17-21-36(37)31-43(54)45(55)53-42(47(57)58)29-30-61-4/h6-8,11-18,21-28,35,41-44,51H,5,9-10,19-20,29-34H2,1-4H3,(H,52,59)(H,53,55)(H,57,58)/t41-,42+,43+,44-/m1/s1. The summed E-state index contributed by atoms with van der Waals surface area (Å²) in [6, 6.07) is 35.9. The molecule has 4 N–H and O–H groups in total. The quantitative estimate of drug-likeness (QED) is 0.0727. The van der Waals surface area contributed by atoms with Crippen LogP contribution in [0.1, 0.15) is 87.1 Å². The van der Waals surface area contributed by atoms with Gasteiger partial charge in [0.25, 0.3) is 0 Å². The highest BCUT2D eigenvalue weighted by atomic mass is 32.2. The monoisotopic (exact) mass is 878 g/mol. The van der Waals surface area contributed by atoms with Crippen LogP contribution in [0, 0.1) is 5.92 Å². The lowest BCUT2D eigenvalue weighted by Gasteiger charge is -2.41. The highest BCUT2D eigenvalue weighted by Crippen LogP contribution is 2.48. The molecule has 1 saturated carbocycles. The number of thioether (sulfide) groups is 2. The third-order valence-corrected chi connectivity index (χ3v) is 14.1. The maximum atomic E-state index is 15.3. The molecular formula is C50H62N4O6S2. The Hall–Kier alpha value is -4.78. The van der Waals surface area contributed by atoms with Gasteiger partial charge in [-0.1, -0.05) is 135 Å². The molecule has 1 heterocycles. The lowest BCUT2D eigenvalue weighted by molar-refractivity contribution is -0.147. The van der Waals surface area contributed by atoms with E-state index in [4.69, 9.17) is 4.74 Å². The number of carbonyl (C=O) groups excluding carboxylic acids is 3. The van der Waals surface area contributed by atoms with Gasteiger partial charge >= 0.3 is 12.1 Å². The van der Waals surface area contributed by atoms with Crippen LogP contribution in [0.15, 0.2) is 115 Å². The van der Waals surface area contributed by atoms with Crippen LogP contribution >= 0.6 is 23.5 Å². The number of fused-ring (bicyclic) bond motifs is 1. The summed E-state index contributed by atoms with van der Waals surface area (Å²) >= 11 is 3.24. The van der Waals surface area contributed by atoms with E-state index in [2.05, 4.69) is 52.3 Å². The minimum atomic E-state index is -1.10. The Morgan fingerprint density at radius 1 is 0.774 bits per heavy atom. The van der Waals surface area contributed by atoms with E-state index in [0.717, 1.165) is 59.9 Å². The van der Waals surface area contributed by atoms with Gasteiger partial charge in [0.2, 0.25) is 11.8 Å². The number of benzene rings is 4. The smallest absolute Gasteiger partial charge is 0.407 e. The van der Waals surface area contributed by atoms with Gasteiger partial charge in [-0.3, -0.25) is 9.59 Å². The van der Waals surface area contributed by atoms with Crippen molar-refractivity contribution in [3.8, 4) is 0 Å². The maximum absolute atomic E-state index is 15.3. The molecule has 62 heavy (non-hydrogen) atoms. The number of alkyl carbamates (subject to hydrolysis) is 1. The Morgan fingerprint density at radius 2 is 1.32 bits per heavy atom. The second-order valence-corrected chi connectivity index (χ2v) is 19.6. The first-order chi connectivity index (χ1) is 29.9.